The van der Waals surface area contributed by atoms with Crippen molar-refractivity contribution in [1.29, 1.82) is 0 Å². The predicted molar refractivity (Wildman–Crippen MR) is 81.8 cm³/mol. The molecule has 7 nitrogen and oxygen atoms in total. The van der Waals surface area contributed by atoms with Crippen LogP contribution in [0, 0.1) is 13.8 Å². The molecule has 1 aromatic heterocycles. The van der Waals surface area contributed by atoms with Crippen molar-refractivity contribution >= 4 is 39.3 Å². The number of urea groups is 1. The third-order valence-corrected chi connectivity index (χ3v) is 3.32. The molecule has 0 aliphatic rings. The van der Waals surface area contributed by atoms with Crippen LogP contribution in [0.4, 0.5) is 16.2 Å². The van der Waals surface area contributed by atoms with Crippen molar-refractivity contribution < 1.29 is 14.7 Å². The van der Waals surface area contributed by atoms with Gasteiger partial charge in [-0.15, -0.1) is 0 Å². The molecule has 0 atom stereocenters. The highest BCUT2D eigenvalue weighted by atomic mass is 79.9. The van der Waals surface area contributed by atoms with Crippen molar-refractivity contribution in [2.75, 3.05) is 10.6 Å². The Kier molecular flexibility index (Phi) is 4.27. The number of aryl methyl sites for hydroxylation is 2. The molecule has 110 valence electrons. The van der Waals surface area contributed by atoms with Crippen molar-refractivity contribution in [1.82, 2.24) is 10.2 Å². The third-order valence-electron chi connectivity index (χ3n) is 2.83. The van der Waals surface area contributed by atoms with Gasteiger partial charge in [0, 0.05) is 4.47 Å². The smallest absolute Gasteiger partial charge is 0.337 e. The van der Waals surface area contributed by atoms with Crippen LogP contribution >= 0.6 is 15.9 Å². The fourth-order valence-electron chi connectivity index (χ4n) is 1.80. The van der Waals surface area contributed by atoms with E-state index in [9.17, 15) is 9.59 Å². The molecule has 1 aromatic carbocycles. The quantitative estimate of drug-likeness (QED) is 0.680. The molecule has 0 saturated carbocycles. The van der Waals surface area contributed by atoms with E-state index in [0.717, 1.165) is 5.69 Å². The van der Waals surface area contributed by atoms with E-state index in [1.165, 1.54) is 12.1 Å². The molecular weight excluding hydrogens is 340 g/mol. The molecular formula is C13H13BrN4O3. The summed E-state index contributed by atoms with van der Waals surface area (Å²) in [7, 11) is 0. The lowest BCUT2D eigenvalue weighted by atomic mass is 10.2. The zero-order valence-corrected chi connectivity index (χ0v) is 12.9. The number of carbonyl (C=O) groups excluding carboxylic acids is 1. The van der Waals surface area contributed by atoms with Gasteiger partial charge in [-0.25, -0.2) is 9.59 Å². The molecule has 2 rings (SSSR count). The zero-order valence-electron chi connectivity index (χ0n) is 11.3. The van der Waals surface area contributed by atoms with E-state index in [2.05, 4.69) is 36.8 Å². The Hall–Kier alpha value is -2.35. The molecule has 0 bridgehead atoms. The highest BCUT2D eigenvalue weighted by molar-refractivity contribution is 9.10. The third kappa shape index (κ3) is 3.40. The topological polar surface area (TPSA) is 107 Å². The molecule has 2 aromatic rings. The molecule has 0 aliphatic carbocycles. The van der Waals surface area contributed by atoms with Crippen molar-refractivity contribution in [3.05, 3.63) is 39.6 Å². The number of aromatic amines is 1. The first-order valence-corrected chi connectivity index (χ1v) is 6.80. The van der Waals surface area contributed by atoms with Crippen LogP contribution in [0.5, 0.6) is 0 Å². The lowest BCUT2D eigenvalue weighted by Gasteiger charge is -2.10. The summed E-state index contributed by atoms with van der Waals surface area (Å²) < 4.78 is 0.618. The number of benzene rings is 1. The summed E-state index contributed by atoms with van der Waals surface area (Å²) in [6, 6.07) is 4.05. The number of aromatic nitrogens is 2. The number of hydrogen-bond donors (Lipinski definition) is 4. The molecule has 0 aliphatic heterocycles. The van der Waals surface area contributed by atoms with E-state index in [4.69, 9.17) is 5.11 Å². The number of rotatable bonds is 3. The number of nitrogens with one attached hydrogen (secondary N) is 3. The molecule has 0 radical (unpaired) electrons. The van der Waals surface area contributed by atoms with Crippen LogP contribution in [0.3, 0.4) is 0 Å². The van der Waals surface area contributed by atoms with Crippen LogP contribution in [0.2, 0.25) is 0 Å². The SMILES string of the molecule is Cc1n[nH]c(C)c1NC(=O)Nc1ccc(Br)cc1C(=O)O. The minimum Gasteiger partial charge on any atom is -0.478 e. The highest BCUT2D eigenvalue weighted by Crippen LogP contribution is 2.22. The Balaban J connectivity index is 2.19. The summed E-state index contributed by atoms with van der Waals surface area (Å²) in [6.07, 6.45) is 0. The number of amides is 2. The molecule has 0 saturated heterocycles. The zero-order chi connectivity index (χ0) is 15.6. The molecule has 0 spiro atoms. The number of carboxylic acids is 1. The standard InChI is InChI=1S/C13H13BrN4O3/c1-6-11(7(2)18-17-6)16-13(21)15-10-4-3-8(14)5-9(10)12(19)20/h3-5H,1-2H3,(H,17,18)(H,19,20)(H2,15,16,21). The second kappa shape index (κ2) is 5.96. The van der Waals surface area contributed by atoms with Crippen LogP contribution < -0.4 is 10.6 Å². The van der Waals surface area contributed by atoms with Crippen LogP contribution in [-0.4, -0.2) is 27.3 Å². The van der Waals surface area contributed by atoms with Gasteiger partial charge in [0.05, 0.1) is 28.3 Å². The Morgan fingerprint density at radius 2 is 2.00 bits per heavy atom. The minimum absolute atomic E-state index is 0.000150. The number of H-pyrrole nitrogens is 1. The maximum absolute atomic E-state index is 12.0. The lowest BCUT2D eigenvalue weighted by molar-refractivity contribution is 0.0698. The average molecular weight is 353 g/mol. The molecule has 1 heterocycles. The Morgan fingerprint density at radius 3 is 2.57 bits per heavy atom. The first-order chi connectivity index (χ1) is 9.88. The van der Waals surface area contributed by atoms with E-state index in [1.807, 2.05) is 0 Å². The average Bonchev–Trinajstić information content (AvgIpc) is 2.72. The molecule has 2 amide bonds. The summed E-state index contributed by atoms with van der Waals surface area (Å²) >= 11 is 3.19. The van der Waals surface area contributed by atoms with Gasteiger partial charge in [0.25, 0.3) is 0 Å². The number of nitrogens with zero attached hydrogens (tertiary/aromatic N) is 1. The van der Waals surface area contributed by atoms with Gasteiger partial charge < -0.3 is 15.7 Å². The van der Waals surface area contributed by atoms with Gasteiger partial charge in [-0.3, -0.25) is 5.10 Å². The minimum atomic E-state index is -1.12. The van der Waals surface area contributed by atoms with E-state index in [1.54, 1.807) is 19.9 Å². The molecule has 21 heavy (non-hydrogen) atoms. The monoisotopic (exact) mass is 352 g/mol. The van der Waals surface area contributed by atoms with Gasteiger partial charge in [-0.1, -0.05) is 15.9 Å². The Morgan fingerprint density at radius 1 is 1.29 bits per heavy atom. The van der Waals surface area contributed by atoms with Gasteiger partial charge >= 0.3 is 12.0 Å². The van der Waals surface area contributed by atoms with Gasteiger partial charge in [0.1, 0.15) is 0 Å². The summed E-state index contributed by atoms with van der Waals surface area (Å²) in [6.45, 7) is 3.53. The van der Waals surface area contributed by atoms with Gasteiger partial charge in [0.2, 0.25) is 0 Å². The van der Waals surface area contributed by atoms with E-state index in [-0.39, 0.29) is 11.3 Å². The second-order valence-corrected chi connectivity index (χ2v) is 5.30. The van der Waals surface area contributed by atoms with Crippen LogP contribution in [-0.2, 0) is 0 Å². The normalized spacial score (nSPS) is 10.2. The largest absolute Gasteiger partial charge is 0.478 e. The fourth-order valence-corrected chi connectivity index (χ4v) is 2.17. The number of anilines is 2. The number of aromatic carboxylic acids is 1. The Bertz CT molecular complexity index is 692. The number of carboxylic acid groups (broad SMARTS) is 1. The summed E-state index contributed by atoms with van der Waals surface area (Å²) in [5.41, 5.74) is 2.15. The van der Waals surface area contributed by atoms with Gasteiger partial charge in [-0.05, 0) is 32.0 Å². The van der Waals surface area contributed by atoms with Crippen LogP contribution in [0.15, 0.2) is 22.7 Å². The summed E-state index contributed by atoms with van der Waals surface area (Å²) in [5.74, 6) is -1.12. The molecule has 0 fully saturated rings. The van der Waals surface area contributed by atoms with Crippen molar-refractivity contribution in [2.45, 2.75) is 13.8 Å². The second-order valence-electron chi connectivity index (χ2n) is 4.38. The first-order valence-electron chi connectivity index (χ1n) is 6.01. The van der Waals surface area contributed by atoms with Crippen molar-refractivity contribution in [3.8, 4) is 0 Å². The van der Waals surface area contributed by atoms with E-state index >= 15 is 0 Å². The van der Waals surface area contributed by atoms with Gasteiger partial charge in [-0.2, -0.15) is 5.10 Å². The first kappa shape index (κ1) is 15.0. The summed E-state index contributed by atoms with van der Waals surface area (Å²) in [5, 5.41) is 21.0. The number of hydrogen-bond acceptors (Lipinski definition) is 3. The molecule has 0 unspecified atom stereocenters. The van der Waals surface area contributed by atoms with E-state index in [0.29, 0.717) is 15.9 Å². The van der Waals surface area contributed by atoms with Gasteiger partial charge in [0.15, 0.2) is 0 Å². The van der Waals surface area contributed by atoms with E-state index < -0.39 is 12.0 Å². The highest BCUT2D eigenvalue weighted by Gasteiger charge is 2.15. The molecule has 8 heteroatoms. The molecule has 4 N–H and O–H groups in total. The van der Waals surface area contributed by atoms with Crippen molar-refractivity contribution in [2.24, 2.45) is 0 Å². The van der Waals surface area contributed by atoms with Crippen molar-refractivity contribution in [3.63, 3.8) is 0 Å². The Labute approximate surface area is 128 Å². The fraction of sp³-hybridized carbons (Fsp3) is 0.154. The maximum Gasteiger partial charge on any atom is 0.337 e. The maximum atomic E-state index is 12.0. The van der Waals surface area contributed by atoms with Crippen LogP contribution in [0.1, 0.15) is 21.7 Å². The van der Waals surface area contributed by atoms with Crippen LogP contribution in [0.25, 0.3) is 0 Å². The predicted octanol–water partition coefficient (Wildman–Crippen LogP) is 3.13. The lowest BCUT2D eigenvalue weighted by Crippen LogP contribution is -2.21. The summed E-state index contributed by atoms with van der Waals surface area (Å²) in [4.78, 5) is 23.1. The number of carbonyl (C=O) groups is 2. The number of halogens is 1.